The van der Waals surface area contributed by atoms with Gasteiger partial charge in [0.2, 0.25) is 11.6 Å². The van der Waals surface area contributed by atoms with Crippen LogP contribution in [0.25, 0.3) is 0 Å². The van der Waals surface area contributed by atoms with Crippen molar-refractivity contribution in [3.63, 3.8) is 0 Å². The maximum absolute atomic E-state index is 13.2. The molecular formula is C9H10F2N2O4. The van der Waals surface area contributed by atoms with Crippen LogP contribution in [0.3, 0.4) is 0 Å². The van der Waals surface area contributed by atoms with Gasteiger partial charge in [-0.15, -0.1) is 0 Å². The van der Waals surface area contributed by atoms with E-state index in [0.717, 1.165) is 0 Å². The molecule has 8 heteroatoms. The molecule has 0 aliphatic carbocycles. The van der Waals surface area contributed by atoms with Crippen molar-refractivity contribution in [3.05, 3.63) is 39.4 Å². The molecular weight excluding hydrogens is 238 g/mol. The van der Waals surface area contributed by atoms with Gasteiger partial charge in [-0.1, -0.05) is 0 Å². The second-order valence-corrected chi connectivity index (χ2v) is 3.34. The van der Waals surface area contributed by atoms with Gasteiger partial charge in [-0.3, -0.25) is 10.1 Å². The Balaban J connectivity index is 3.19. The molecule has 2 unspecified atom stereocenters. The summed E-state index contributed by atoms with van der Waals surface area (Å²) in [6, 6.07) is 1.18. The highest BCUT2D eigenvalue weighted by atomic mass is 19.1. The topological polar surface area (TPSA) is 110 Å². The molecule has 0 saturated heterocycles. The molecule has 17 heavy (non-hydrogen) atoms. The molecule has 0 saturated carbocycles. The van der Waals surface area contributed by atoms with Gasteiger partial charge in [-0.05, 0) is 17.7 Å². The molecule has 0 heterocycles. The van der Waals surface area contributed by atoms with E-state index in [2.05, 4.69) is 0 Å². The SMILES string of the molecule is NCC(O)C(O)c1cc(F)c([N+](=O)[O-])c(F)c1. The van der Waals surface area contributed by atoms with Crippen LogP contribution in [0.2, 0.25) is 0 Å². The molecule has 1 aromatic carbocycles. The van der Waals surface area contributed by atoms with E-state index in [4.69, 9.17) is 5.73 Å². The average molecular weight is 248 g/mol. The molecule has 94 valence electrons. The quantitative estimate of drug-likeness (QED) is 0.521. The molecule has 0 radical (unpaired) electrons. The van der Waals surface area contributed by atoms with Crippen LogP contribution in [0.4, 0.5) is 14.5 Å². The third kappa shape index (κ3) is 2.73. The van der Waals surface area contributed by atoms with Crippen molar-refractivity contribution >= 4 is 5.69 Å². The number of aliphatic hydroxyl groups is 2. The predicted molar refractivity (Wildman–Crippen MR) is 53.0 cm³/mol. The van der Waals surface area contributed by atoms with Crippen molar-refractivity contribution in [3.8, 4) is 0 Å². The molecule has 1 rings (SSSR count). The summed E-state index contributed by atoms with van der Waals surface area (Å²) >= 11 is 0. The van der Waals surface area contributed by atoms with Gasteiger partial charge in [0.15, 0.2) is 0 Å². The first-order chi connectivity index (χ1) is 7.88. The van der Waals surface area contributed by atoms with Crippen molar-refractivity contribution in [1.82, 2.24) is 0 Å². The zero-order valence-electron chi connectivity index (χ0n) is 8.51. The summed E-state index contributed by atoms with van der Waals surface area (Å²) in [4.78, 5) is 9.10. The van der Waals surface area contributed by atoms with Crippen molar-refractivity contribution in [2.75, 3.05) is 6.54 Å². The number of nitro benzene ring substituents is 1. The van der Waals surface area contributed by atoms with E-state index in [9.17, 15) is 29.1 Å². The van der Waals surface area contributed by atoms with Gasteiger partial charge < -0.3 is 15.9 Å². The smallest absolute Gasteiger partial charge is 0.340 e. The first-order valence-electron chi connectivity index (χ1n) is 4.58. The Kier molecular flexibility index (Phi) is 4.05. The summed E-state index contributed by atoms with van der Waals surface area (Å²) in [7, 11) is 0. The van der Waals surface area contributed by atoms with Crippen LogP contribution in [-0.4, -0.2) is 27.8 Å². The molecule has 0 fully saturated rings. The standard InChI is InChI=1S/C9H10F2N2O4/c10-5-1-4(9(15)7(14)3-12)2-6(11)8(5)13(16)17/h1-2,7,9,14-15H,3,12H2. The zero-order valence-corrected chi connectivity index (χ0v) is 8.51. The zero-order chi connectivity index (χ0) is 13.2. The minimum absolute atomic E-state index is 0.316. The number of rotatable bonds is 4. The number of hydrogen-bond donors (Lipinski definition) is 3. The minimum atomic E-state index is -1.61. The first kappa shape index (κ1) is 13.4. The van der Waals surface area contributed by atoms with Gasteiger partial charge in [0.05, 0.1) is 11.0 Å². The highest BCUT2D eigenvalue weighted by Gasteiger charge is 2.26. The van der Waals surface area contributed by atoms with E-state index in [0.29, 0.717) is 12.1 Å². The average Bonchev–Trinajstić information content (AvgIpc) is 2.25. The van der Waals surface area contributed by atoms with E-state index >= 15 is 0 Å². The number of nitrogens with zero attached hydrogens (tertiary/aromatic N) is 1. The molecule has 4 N–H and O–H groups in total. The summed E-state index contributed by atoms with van der Waals surface area (Å²) in [6.07, 6.45) is -3.01. The van der Waals surface area contributed by atoms with Crippen LogP contribution >= 0.6 is 0 Å². The molecule has 0 aliphatic rings. The van der Waals surface area contributed by atoms with E-state index in [1.54, 1.807) is 0 Å². The Morgan fingerprint density at radius 2 is 1.82 bits per heavy atom. The number of nitrogens with two attached hydrogens (primary N) is 1. The van der Waals surface area contributed by atoms with Gasteiger partial charge in [0.1, 0.15) is 6.10 Å². The normalized spacial score (nSPS) is 14.4. The summed E-state index contributed by atoms with van der Waals surface area (Å²) in [5.74, 6) is -2.85. The van der Waals surface area contributed by atoms with E-state index in [1.807, 2.05) is 0 Å². The van der Waals surface area contributed by atoms with Crippen molar-refractivity contribution in [1.29, 1.82) is 0 Å². The van der Waals surface area contributed by atoms with E-state index < -0.39 is 34.5 Å². The van der Waals surface area contributed by atoms with E-state index in [-0.39, 0.29) is 12.1 Å². The van der Waals surface area contributed by atoms with Gasteiger partial charge in [-0.25, -0.2) is 0 Å². The molecule has 2 atom stereocenters. The number of nitro groups is 1. The Morgan fingerprint density at radius 3 is 2.18 bits per heavy atom. The Hall–Kier alpha value is -1.64. The number of benzene rings is 1. The lowest BCUT2D eigenvalue weighted by molar-refractivity contribution is -0.390. The lowest BCUT2D eigenvalue weighted by Gasteiger charge is -2.16. The number of hydrogen-bond acceptors (Lipinski definition) is 5. The Morgan fingerprint density at radius 1 is 1.35 bits per heavy atom. The third-order valence-electron chi connectivity index (χ3n) is 2.17. The van der Waals surface area contributed by atoms with Crippen molar-refractivity contribution in [2.45, 2.75) is 12.2 Å². The first-order valence-corrected chi connectivity index (χ1v) is 4.58. The second-order valence-electron chi connectivity index (χ2n) is 3.34. The lowest BCUT2D eigenvalue weighted by atomic mass is 10.0. The van der Waals surface area contributed by atoms with Crippen LogP contribution in [0.1, 0.15) is 11.7 Å². The van der Waals surface area contributed by atoms with Gasteiger partial charge >= 0.3 is 5.69 Å². The molecule has 0 aliphatic heterocycles. The minimum Gasteiger partial charge on any atom is -0.389 e. The molecule has 0 spiro atoms. The van der Waals surface area contributed by atoms with Crippen molar-refractivity contribution < 1.29 is 23.9 Å². The van der Waals surface area contributed by atoms with Gasteiger partial charge in [0.25, 0.3) is 0 Å². The maximum atomic E-state index is 13.2. The van der Waals surface area contributed by atoms with Crippen LogP contribution in [0, 0.1) is 21.7 Å². The molecule has 0 aromatic heterocycles. The largest absolute Gasteiger partial charge is 0.389 e. The Bertz CT molecular complexity index is 418. The monoisotopic (exact) mass is 248 g/mol. The van der Waals surface area contributed by atoms with Crippen LogP contribution in [-0.2, 0) is 0 Å². The van der Waals surface area contributed by atoms with Gasteiger partial charge in [0, 0.05) is 6.54 Å². The molecule has 6 nitrogen and oxygen atoms in total. The van der Waals surface area contributed by atoms with Crippen LogP contribution in [0.5, 0.6) is 0 Å². The molecule has 0 bridgehead atoms. The summed E-state index contributed by atoms with van der Waals surface area (Å²) in [6.45, 7) is -0.318. The molecule has 1 aromatic rings. The van der Waals surface area contributed by atoms with Gasteiger partial charge in [-0.2, -0.15) is 8.78 Å². The van der Waals surface area contributed by atoms with Crippen LogP contribution < -0.4 is 5.73 Å². The van der Waals surface area contributed by atoms with E-state index in [1.165, 1.54) is 0 Å². The fourth-order valence-corrected chi connectivity index (χ4v) is 1.28. The van der Waals surface area contributed by atoms with Crippen LogP contribution in [0.15, 0.2) is 12.1 Å². The fraction of sp³-hybridized carbons (Fsp3) is 0.333. The number of aliphatic hydroxyl groups excluding tert-OH is 2. The summed E-state index contributed by atoms with van der Waals surface area (Å²) in [5.41, 5.74) is 3.44. The summed E-state index contributed by atoms with van der Waals surface area (Å²) < 4.78 is 26.4. The highest BCUT2D eigenvalue weighted by molar-refractivity contribution is 5.38. The maximum Gasteiger partial charge on any atom is 0.340 e. The lowest BCUT2D eigenvalue weighted by Crippen LogP contribution is -2.27. The van der Waals surface area contributed by atoms with Crippen molar-refractivity contribution in [2.24, 2.45) is 5.73 Å². The highest BCUT2D eigenvalue weighted by Crippen LogP contribution is 2.26. The Labute approximate surface area is 94.4 Å². The second kappa shape index (κ2) is 5.13. The fourth-order valence-electron chi connectivity index (χ4n) is 1.28. The third-order valence-corrected chi connectivity index (χ3v) is 2.17. The predicted octanol–water partition coefficient (Wildman–Crippen LogP) is 0.226. The molecule has 0 amide bonds. The number of halogens is 2. The summed E-state index contributed by atoms with van der Waals surface area (Å²) in [5, 5.41) is 28.9.